The smallest absolute Gasteiger partial charge is 0.231 e. The number of hydrogen-bond donors (Lipinski definition) is 1. The molecule has 0 spiro atoms. The second-order valence-corrected chi connectivity index (χ2v) is 5.41. The summed E-state index contributed by atoms with van der Waals surface area (Å²) in [5, 5.41) is 3.58. The van der Waals surface area contributed by atoms with E-state index in [-0.39, 0.29) is 5.91 Å². The molecular formula is C15H20N2O. The fraction of sp³-hybridized carbons (Fsp3) is 0.533. The number of nitrogens with zero attached hydrogens (tertiary/aromatic N) is 1. The van der Waals surface area contributed by atoms with Gasteiger partial charge in [0, 0.05) is 13.1 Å². The first-order valence-electron chi connectivity index (χ1n) is 6.86. The van der Waals surface area contributed by atoms with Gasteiger partial charge in [0.05, 0.1) is 12.1 Å². The normalized spacial score (nSPS) is 23.3. The summed E-state index contributed by atoms with van der Waals surface area (Å²) in [5.74, 6) is 0.217. The summed E-state index contributed by atoms with van der Waals surface area (Å²) in [6.07, 6.45) is 5.48. The van der Waals surface area contributed by atoms with Gasteiger partial charge in [0.1, 0.15) is 0 Å². The third-order valence-electron chi connectivity index (χ3n) is 4.13. The molecule has 2 aliphatic rings. The maximum absolute atomic E-state index is 11.8. The van der Waals surface area contributed by atoms with E-state index in [1.165, 1.54) is 30.4 Å². The zero-order chi connectivity index (χ0) is 12.5. The van der Waals surface area contributed by atoms with Gasteiger partial charge in [-0.1, -0.05) is 24.6 Å². The van der Waals surface area contributed by atoms with Crippen molar-refractivity contribution in [1.82, 2.24) is 5.32 Å². The number of rotatable bonds is 2. The van der Waals surface area contributed by atoms with Gasteiger partial charge in [-0.2, -0.15) is 0 Å². The SMILES string of the molecule is CN1C(=O)Cc2cccc(CC3CCCCN3)c21. The average Bonchev–Trinajstić information content (AvgIpc) is 2.67. The lowest BCUT2D eigenvalue weighted by Crippen LogP contribution is -2.36. The molecule has 1 amide bonds. The molecule has 0 radical (unpaired) electrons. The number of carbonyl (C=O) groups is 1. The van der Waals surface area contributed by atoms with Crippen molar-refractivity contribution in [2.45, 2.75) is 38.1 Å². The highest BCUT2D eigenvalue weighted by Crippen LogP contribution is 2.32. The predicted octanol–water partition coefficient (Wildman–Crippen LogP) is 1.89. The van der Waals surface area contributed by atoms with Gasteiger partial charge < -0.3 is 10.2 Å². The molecule has 96 valence electrons. The van der Waals surface area contributed by atoms with E-state index in [9.17, 15) is 4.79 Å². The Kier molecular flexibility index (Phi) is 3.08. The van der Waals surface area contributed by atoms with E-state index in [0.717, 1.165) is 18.7 Å². The Morgan fingerprint density at radius 1 is 1.39 bits per heavy atom. The lowest BCUT2D eigenvalue weighted by Gasteiger charge is -2.25. The van der Waals surface area contributed by atoms with Crippen LogP contribution in [0.2, 0.25) is 0 Å². The van der Waals surface area contributed by atoms with Crippen molar-refractivity contribution in [3.63, 3.8) is 0 Å². The number of carbonyl (C=O) groups excluding carboxylic acids is 1. The fourth-order valence-electron chi connectivity index (χ4n) is 3.15. The Bertz CT molecular complexity index is 464. The van der Waals surface area contributed by atoms with Crippen molar-refractivity contribution in [2.75, 3.05) is 18.5 Å². The number of nitrogens with one attached hydrogen (secondary N) is 1. The molecule has 0 aromatic heterocycles. The van der Waals surface area contributed by atoms with Crippen LogP contribution >= 0.6 is 0 Å². The number of benzene rings is 1. The second-order valence-electron chi connectivity index (χ2n) is 5.41. The Morgan fingerprint density at radius 3 is 3.06 bits per heavy atom. The van der Waals surface area contributed by atoms with Crippen LogP contribution in [0.4, 0.5) is 5.69 Å². The van der Waals surface area contributed by atoms with Crippen molar-refractivity contribution < 1.29 is 4.79 Å². The molecule has 0 saturated carbocycles. The standard InChI is InChI=1S/C15H20N2O/c1-17-14(18)10-12-6-4-5-11(15(12)17)9-13-7-2-3-8-16-13/h4-6,13,16H,2-3,7-10H2,1H3. The summed E-state index contributed by atoms with van der Waals surface area (Å²) in [7, 11) is 1.89. The van der Waals surface area contributed by atoms with Crippen molar-refractivity contribution >= 4 is 11.6 Å². The van der Waals surface area contributed by atoms with E-state index in [0.29, 0.717) is 12.5 Å². The Balaban J connectivity index is 1.85. The van der Waals surface area contributed by atoms with Crippen LogP contribution in [-0.2, 0) is 17.6 Å². The van der Waals surface area contributed by atoms with E-state index >= 15 is 0 Å². The Morgan fingerprint density at radius 2 is 2.28 bits per heavy atom. The molecule has 3 nitrogen and oxygen atoms in total. The van der Waals surface area contributed by atoms with Crippen molar-refractivity contribution in [3.05, 3.63) is 29.3 Å². The molecule has 1 unspecified atom stereocenters. The number of para-hydroxylation sites is 1. The van der Waals surface area contributed by atoms with E-state index in [1.54, 1.807) is 0 Å². The van der Waals surface area contributed by atoms with E-state index in [1.807, 2.05) is 11.9 Å². The molecule has 2 aliphatic heterocycles. The van der Waals surface area contributed by atoms with Crippen molar-refractivity contribution in [2.24, 2.45) is 0 Å². The van der Waals surface area contributed by atoms with Gasteiger partial charge in [-0.05, 0) is 36.9 Å². The van der Waals surface area contributed by atoms with Gasteiger partial charge in [0.2, 0.25) is 5.91 Å². The first kappa shape index (κ1) is 11.7. The topological polar surface area (TPSA) is 32.3 Å². The maximum atomic E-state index is 11.8. The molecule has 3 rings (SSSR count). The zero-order valence-corrected chi connectivity index (χ0v) is 10.9. The van der Waals surface area contributed by atoms with Gasteiger partial charge in [0.15, 0.2) is 0 Å². The lowest BCUT2D eigenvalue weighted by atomic mass is 9.95. The highest BCUT2D eigenvalue weighted by atomic mass is 16.2. The van der Waals surface area contributed by atoms with Gasteiger partial charge in [-0.25, -0.2) is 0 Å². The van der Waals surface area contributed by atoms with E-state index in [4.69, 9.17) is 0 Å². The van der Waals surface area contributed by atoms with Crippen molar-refractivity contribution in [3.8, 4) is 0 Å². The summed E-state index contributed by atoms with van der Waals surface area (Å²) in [6, 6.07) is 6.91. The summed E-state index contributed by atoms with van der Waals surface area (Å²) >= 11 is 0. The number of fused-ring (bicyclic) bond motifs is 1. The van der Waals surface area contributed by atoms with Crippen LogP contribution < -0.4 is 10.2 Å². The Hall–Kier alpha value is -1.35. The predicted molar refractivity (Wildman–Crippen MR) is 72.9 cm³/mol. The molecule has 18 heavy (non-hydrogen) atoms. The molecule has 0 bridgehead atoms. The molecule has 1 N–H and O–H groups in total. The summed E-state index contributed by atoms with van der Waals surface area (Å²) < 4.78 is 0. The van der Waals surface area contributed by atoms with E-state index in [2.05, 4.69) is 23.5 Å². The third kappa shape index (κ3) is 2.03. The molecule has 1 aromatic carbocycles. The van der Waals surface area contributed by atoms with Gasteiger partial charge in [0.25, 0.3) is 0 Å². The summed E-state index contributed by atoms with van der Waals surface area (Å²) in [4.78, 5) is 13.6. The zero-order valence-electron chi connectivity index (χ0n) is 10.9. The second kappa shape index (κ2) is 4.73. The number of anilines is 1. The molecule has 3 heteroatoms. The lowest BCUT2D eigenvalue weighted by molar-refractivity contribution is -0.117. The first-order valence-corrected chi connectivity index (χ1v) is 6.86. The molecule has 0 aliphatic carbocycles. The average molecular weight is 244 g/mol. The molecule has 2 heterocycles. The van der Waals surface area contributed by atoms with Gasteiger partial charge >= 0.3 is 0 Å². The van der Waals surface area contributed by atoms with Crippen molar-refractivity contribution in [1.29, 1.82) is 0 Å². The number of likely N-dealkylation sites (N-methyl/N-ethyl adjacent to an activating group) is 1. The van der Waals surface area contributed by atoms with Crippen LogP contribution in [0.3, 0.4) is 0 Å². The molecule has 1 fully saturated rings. The minimum atomic E-state index is 0.217. The van der Waals surface area contributed by atoms with Crippen LogP contribution in [0.25, 0.3) is 0 Å². The van der Waals surface area contributed by atoms with Crippen LogP contribution in [0.5, 0.6) is 0 Å². The highest BCUT2D eigenvalue weighted by molar-refractivity contribution is 6.01. The highest BCUT2D eigenvalue weighted by Gasteiger charge is 2.27. The molecule has 1 aromatic rings. The van der Waals surface area contributed by atoms with Crippen LogP contribution in [0, 0.1) is 0 Å². The quantitative estimate of drug-likeness (QED) is 0.861. The number of hydrogen-bond acceptors (Lipinski definition) is 2. The minimum Gasteiger partial charge on any atom is -0.315 e. The number of amides is 1. The maximum Gasteiger partial charge on any atom is 0.231 e. The minimum absolute atomic E-state index is 0.217. The van der Waals surface area contributed by atoms with Crippen LogP contribution in [-0.4, -0.2) is 25.5 Å². The molecule has 1 atom stereocenters. The van der Waals surface area contributed by atoms with Gasteiger partial charge in [-0.3, -0.25) is 4.79 Å². The molecular weight excluding hydrogens is 224 g/mol. The summed E-state index contributed by atoms with van der Waals surface area (Å²) in [6.45, 7) is 1.13. The number of piperidine rings is 1. The van der Waals surface area contributed by atoms with Crippen LogP contribution in [0.1, 0.15) is 30.4 Å². The third-order valence-corrected chi connectivity index (χ3v) is 4.13. The molecule has 1 saturated heterocycles. The largest absolute Gasteiger partial charge is 0.315 e. The fourth-order valence-corrected chi connectivity index (χ4v) is 3.15. The van der Waals surface area contributed by atoms with Crippen LogP contribution in [0.15, 0.2) is 18.2 Å². The monoisotopic (exact) mass is 244 g/mol. The Labute approximate surface area is 108 Å². The van der Waals surface area contributed by atoms with Gasteiger partial charge in [-0.15, -0.1) is 0 Å². The first-order chi connectivity index (χ1) is 8.75. The van der Waals surface area contributed by atoms with E-state index < -0.39 is 0 Å². The summed E-state index contributed by atoms with van der Waals surface area (Å²) in [5.41, 5.74) is 3.67.